The molecule has 0 aliphatic carbocycles. The van der Waals surface area contributed by atoms with Crippen molar-refractivity contribution in [3.05, 3.63) is 0 Å². The minimum absolute atomic E-state index is 0.181. The molecule has 1 heterocycles. The van der Waals surface area contributed by atoms with Gasteiger partial charge in [0.1, 0.15) is 0 Å². The molecule has 0 bridgehead atoms. The van der Waals surface area contributed by atoms with Crippen molar-refractivity contribution in [2.24, 2.45) is 5.92 Å². The van der Waals surface area contributed by atoms with Crippen LogP contribution in [0, 0.1) is 29.6 Å². The quantitative estimate of drug-likeness (QED) is 0.0871. The van der Waals surface area contributed by atoms with E-state index in [-0.39, 0.29) is 6.04 Å². The maximum Gasteiger partial charge on any atom is 0.0389 e. The van der Waals surface area contributed by atoms with Crippen molar-refractivity contribution in [1.82, 2.24) is 81.8 Å². The molecular formula is C13H33N15. The summed E-state index contributed by atoms with van der Waals surface area (Å²) in [6.45, 7) is 8.78. The molecule has 12 N–H and O–H groups in total. The third-order valence-electron chi connectivity index (χ3n) is 2.87. The van der Waals surface area contributed by atoms with Gasteiger partial charge >= 0.3 is 0 Å². The number of nitrogens with one attached hydrogen (secondary N) is 12. The van der Waals surface area contributed by atoms with Crippen molar-refractivity contribution in [3.8, 4) is 23.7 Å². The van der Waals surface area contributed by atoms with E-state index in [0.29, 0.717) is 18.9 Å². The van der Waals surface area contributed by atoms with E-state index < -0.39 is 0 Å². The van der Waals surface area contributed by atoms with Gasteiger partial charge in [0.05, 0.1) is 0 Å². The van der Waals surface area contributed by atoms with Gasteiger partial charge in [-0.1, -0.05) is 30.9 Å². The number of rotatable bonds is 12. The smallest absolute Gasteiger partial charge is 0.0389 e. The SMILES string of the molecule is CC(C)C#CC#CCCNNNNNNNNNN1N(C)NNNN1C(C)C. The van der Waals surface area contributed by atoms with Crippen LogP contribution in [0.25, 0.3) is 0 Å². The molecule has 0 saturated carbocycles. The molecule has 0 unspecified atom stereocenters. The number of nitrogens with zero attached hydrogens (tertiary/aromatic N) is 3. The molecule has 1 rings (SSSR count). The lowest BCUT2D eigenvalue weighted by Crippen LogP contribution is -2.80. The molecule has 0 radical (unpaired) electrons. The first-order chi connectivity index (χ1) is 13.5. The molecule has 1 fully saturated rings. The monoisotopic (exact) mass is 399 g/mol. The summed E-state index contributed by atoms with van der Waals surface area (Å²) in [7, 11) is 1.82. The van der Waals surface area contributed by atoms with E-state index in [9.17, 15) is 0 Å². The molecule has 0 atom stereocenters. The largest absolute Gasteiger partial charge is 0.242 e. The van der Waals surface area contributed by atoms with Gasteiger partial charge in [-0.15, -0.1) is 15.8 Å². The Bertz CT molecular complexity index is 517. The highest BCUT2D eigenvalue weighted by Gasteiger charge is 2.26. The van der Waals surface area contributed by atoms with Gasteiger partial charge in [0.25, 0.3) is 0 Å². The second-order valence-corrected chi connectivity index (χ2v) is 5.99. The Kier molecular flexibility index (Phi) is 13.5. The topological polar surface area (TPSA) is 154 Å². The van der Waals surface area contributed by atoms with E-state index >= 15 is 0 Å². The van der Waals surface area contributed by atoms with Crippen LogP contribution in [0.15, 0.2) is 0 Å². The fourth-order valence-electron chi connectivity index (χ4n) is 1.63. The predicted octanol–water partition coefficient (Wildman–Crippen LogP) is -4.20. The second kappa shape index (κ2) is 15.4. The highest BCUT2D eigenvalue weighted by Crippen LogP contribution is 1.99. The highest BCUT2D eigenvalue weighted by molar-refractivity contribution is 5.26. The Morgan fingerprint density at radius 2 is 1.54 bits per heavy atom. The van der Waals surface area contributed by atoms with Gasteiger partial charge in [0, 0.05) is 32.0 Å². The second-order valence-electron chi connectivity index (χ2n) is 5.99. The van der Waals surface area contributed by atoms with Gasteiger partial charge in [-0.2, -0.15) is 55.3 Å². The molecular weight excluding hydrogens is 366 g/mol. The molecule has 0 amide bonds. The van der Waals surface area contributed by atoms with Gasteiger partial charge in [-0.3, -0.25) is 0 Å². The summed E-state index contributed by atoms with van der Waals surface area (Å²) in [5, 5.41) is 5.13. The summed E-state index contributed by atoms with van der Waals surface area (Å²) in [5.41, 5.74) is 33.2. The Labute approximate surface area is 166 Å². The van der Waals surface area contributed by atoms with Crippen molar-refractivity contribution >= 4 is 0 Å². The Hall–Kier alpha value is -1.48. The van der Waals surface area contributed by atoms with Crippen molar-refractivity contribution in [1.29, 1.82) is 0 Å². The molecule has 0 aromatic heterocycles. The van der Waals surface area contributed by atoms with E-state index in [1.165, 1.54) is 0 Å². The van der Waals surface area contributed by atoms with Crippen LogP contribution in [0.5, 0.6) is 0 Å². The van der Waals surface area contributed by atoms with E-state index in [4.69, 9.17) is 0 Å². The van der Waals surface area contributed by atoms with E-state index in [0.717, 1.165) is 0 Å². The lowest BCUT2D eigenvalue weighted by Gasteiger charge is -2.45. The van der Waals surface area contributed by atoms with Crippen LogP contribution in [0.4, 0.5) is 0 Å². The standard InChI is InChI=1S/C13H33N15/c1-12(2)10-8-6-7-9-11-14-15-16-17-18-19-20-21-25-28-26(5)23-22-24-27(28)13(3)4/h12-25H,9,11H2,1-5H3. The normalized spacial score (nSPS) is 16.1. The van der Waals surface area contributed by atoms with Crippen LogP contribution in [0.1, 0.15) is 34.1 Å². The molecule has 28 heavy (non-hydrogen) atoms. The van der Waals surface area contributed by atoms with Gasteiger partial charge < -0.3 is 0 Å². The summed E-state index contributed by atoms with van der Waals surface area (Å²) >= 11 is 0. The van der Waals surface area contributed by atoms with Gasteiger partial charge in [0.15, 0.2) is 0 Å². The summed E-state index contributed by atoms with van der Waals surface area (Å²) in [4.78, 5) is 0. The van der Waals surface area contributed by atoms with Crippen molar-refractivity contribution < 1.29 is 0 Å². The van der Waals surface area contributed by atoms with E-state index in [1.807, 2.05) is 34.7 Å². The minimum Gasteiger partial charge on any atom is -0.242 e. The van der Waals surface area contributed by atoms with Crippen LogP contribution in [0.2, 0.25) is 0 Å². The number of hydrogen-bond donors (Lipinski definition) is 12. The highest BCUT2D eigenvalue weighted by atomic mass is 16.2. The first-order valence-corrected chi connectivity index (χ1v) is 8.83. The lowest BCUT2D eigenvalue weighted by molar-refractivity contribution is -0.326. The molecule has 1 aliphatic rings. The predicted molar refractivity (Wildman–Crippen MR) is 104 cm³/mol. The summed E-state index contributed by atoms with van der Waals surface area (Å²) in [6.07, 6.45) is 0.682. The summed E-state index contributed by atoms with van der Waals surface area (Å²) in [5.74, 6) is 11.9. The zero-order valence-electron chi connectivity index (χ0n) is 16.9. The molecule has 160 valence electrons. The van der Waals surface area contributed by atoms with Gasteiger partial charge in [0.2, 0.25) is 0 Å². The average Bonchev–Trinajstić information content (AvgIpc) is 2.65. The molecule has 0 aromatic carbocycles. The van der Waals surface area contributed by atoms with Crippen LogP contribution >= 0.6 is 0 Å². The van der Waals surface area contributed by atoms with Gasteiger partial charge in [-0.25, -0.2) is 5.43 Å². The Morgan fingerprint density at radius 1 is 0.857 bits per heavy atom. The number of hydrogen-bond acceptors (Lipinski definition) is 15. The third kappa shape index (κ3) is 11.4. The van der Waals surface area contributed by atoms with E-state index in [1.54, 1.807) is 15.5 Å². The fourth-order valence-corrected chi connectivity index (χ4v) is 1.63. The molecule has 0 spiro atoms. The van der Waals surface area contributed by atoms with Crippen molar-refractivity contribution in [2.45, 2.75) is 40.2 Å². The van der Waals surface area contributed by atoms with Crippen LogP contribution in [-0.2, 0) is 0 Å². The van der Waals surface area contributed by atoms with E-state index in [2.05, 4.69) is 90.0 Å². The molecule has 1 saturated heterocycles. The molecule has 0 aromatic rings. The zero-order valence-corrected chi connectivity index (χ0v) is 16.9. The maximum atomic E-state index is 2.98. The fraction of sp³-hybridized carbons (Fsp3) is 0.692. The molecule has 15 nitrogen and oxygen atoms in total. The Morgan fingerprint density at radius 3 is 2.21 bits per heavy atom. The number of hydrazine groups is 15. The molecule has 15 heteroatoms. The lowest BCUT2D eigenvalue weighted by atomic mass is 10.2. The minimum atomic E-state index is 0.181. The summed E-state index contributed by atoms with van der Waals surface area (Å²) in [6, 6.07) is 0.181. The average molecular weight is 400 g/mol. The maximum absolute atomic E-state index is 2.98. The van der Waals surface area contributed by atoms with Crippen LogP contribution in [-0.4, -0.2) is 35.1 Å². The van der Waals surface area contributed by atoms with Gasteiger partial charge in [-0.05, 0) is 25.7 Å². The van der Waals surface area contributed by atoms with Crippen LogP contribution in [0.3, 0.4) is 0 Å². The summed E-state index contributed by atoms with van der Waals surface area (Å²) < 4.78 is 0. The molecule has 1 aliphatic heterocycles. The third-order valence-corrected chi connectivity index (χ3v) is 2.87. The van der Waals surface area contributed by atoms with Crippen molar-refractivity contribution in [3.63, 3.8) is 0 Å². The van der Waals surface area contributed by atoms with Crippen LogP contribution < -0.4 is 66.3 Å². The first-order valence-electron chi connectivity index (χ1n) is 8.83. The van der Waals surface area contributed by atoms with Crippen molar-refractivity contribution in [2.75, 3.05) is 13.6 Å². The first kappa shape index (κ1) is 24.6. The Balaban J connectivity index is 1.94. The zero-order chi connectivity index (χ0) is 20.6.